The molecule has 1 atom stereocenters. The first kappa shape index (κ1) is 16.8. The Kier molecular flexibility index (Phi) is 7.84. The predicted octanol–water partition coefficient (Wildman–Crippen LogP) is 3.81. The summed E-state index contributed by atoms with van der Waals surface area (Å²) < 4.78 is 0. The minimum atomic E-state index is 0.234. The molecule has 0 saturated heterocycles. The van der Waals surface area contributed by atoms with Crippen LogP contribution in [0.4, 0.5) is 0 Å². The van der Waals surface area contributed by atoms with Gasteiger partial charge in [-0.05, 0) is 36.1 Å². The van der Waals surface area contributed by atoms with Crippen LogP contribution in [0, 0.1) is 11.8 Å². The van der Waals surface area contributed by atoms with Gasteiger partial charge in [0.1, 0.15) is 0 Å². The molecule has 0 radical (unpaired) electrons. The quantitative estimate of drug-likeness (QED) is 0.716. The van der Waals surface area contributed by atoms with Crippen LogP contribution in [0.3, 0.4) is 0 Å². The molecule has 1 aromatic rings. The lowest BCUT2D eigenvalue weighted by Crippen LogP contribution is -2.19. The Labute approximate surface area is 125 Å². The Morgan fingerprint density at radius 2 is 2.05 bits per heavy atom. The summed E-state index contributed by atoms with van der Waals surface area (Å²) in [5.41, 5.74) is 1.14. The molecule has 2 N–H and O–H groups in total. The van der Waals surface area contributed by atoms with Crippen LogP contribution in [0.25, 0.3) is 0 Å². The molecule has 0 saturated carbocycles. The first-order valence-electron chi connectivity index (χ1n) is 6.75. The molecule has 108 valence electrons. The van der Waals surface area contributed by atoms with E-state index in [9.17, 15) is 0 Å². The maximum atomic E-state index is 9.01. The highest BCUT2D eigenvalue weighted by Gasteiger charge is 2.05. The second-order valence-corrected chi connectivity index (χ2v) is 6.88. The normalized spacial score (nSPS) is 12.9. The number of thioether (sulfide) groups is 1. The molecule has 0 aliphatic carbocycles. The maximum Gasteiger partial charge on any atom is 0.0464 e. The second-order valence-electron chi connectivity index (χ2n) is 5.38. The highest BCUT2D eigenvalue weighted by Crippen LogP contribution is 2.26. The monoisotopic (exact) mass is 301 g/mol. The maximum absolute atomic E-state index is 9.01. The van der Waals surface area contributed by atoms with Crippen LogP contribution in [0.5, 0.6) is 0 Å². The molecule has 1 rings (SSSR count). The van der Waals surface area contributed by atoms with E-state index < -0.39 is 0 Å². The van der Waals surface area contributed by atoms with Crippen molar-refractivity contribution in [2.75, 3.05) is 18.9 Å². The summed E-state index contributed by atoms with van der Waals surface area (Å²) >= 11 is 8.03. The van der Waals surface area contributed by atoms with Crippen molar-refractivity contribution in [2.24, 2.45) is 11.8 Å². The Hall–Kier alpha value is -0.220. The van der Waals surface area contributed by atoms with E-state index in [0.717, 1.165) is 34.3 Å². The first-order chi connectivity index (χ1) is 9.02. The van der Waals surface area contributed by atoms with E-state index in [1.807, 2.05) is 13.0 Å². The van der Waals surface area contributed by atoms with Crippen molar-refractivity contribution in [1.29, 1.82) is 0 Å². The highest BCUT2D eigenvalue weighted by molar-refractivity contribution is 7.99. The molecule has 0 spiro atoms. The average Bonchev–Trinajstić information content (AvgIpc) is 2.37. The minimum Gasteiger partial charge on any atom is -0.396 e. The third kappa shape index (κ3) is 6.66. The van der Waals surface area contributed by atoms with Gasteiger partial charge in [0.25, 0.3) is 0 Å². The van der Waals surface area contributed by atoms with Gasteiger partial charge in [-0.25, -0.2) is 0 Å². The zero-order chi connectivity index (χ0) is 14.3. The van der Waals surface area contributed by atoms with Gasteiger partial charge in [0.15, 0.2) is 0 Å². The van der Waals surface area contributed by atoms with E-state index in [1.165, 1.54) is 0 Å². The Bertz CT molecular complexity index is 384. The summed E-state index contributed by atoms with van der Waals surface area (Å²) in [7, 11) is 0. The third-order valence-electron chi connectivity index (χ3n) is 2.74. The highest BCUT2D eigenvalue weighted by atomic mass is 35.5. The summed E-state index contributed by atoms with van der Waals surface area (Å²) in [6, 6.07) is 6.21. The summed E-state index contributed by atoms with van der Waals surface area (Å²) in [4.78, 5) is 1.16. The van der Waals surface area contributed by atoms with E-state index in [0.29, 0.717) is 11.8 Å². The van der Waals surface area contributed by atoms with Crippen LogP contribution in [-0.2, 0) is 6.54 Å². The SMILES string of the molecule is CC(C)CNCc1ccc(SCC(C)CO)cc1Cl. The number of halogens is 1. The van der Waals surface area contributed by atoms with Crippen LogP contribution >= 0.6 is 23.4 Å². The molecular weight excluding hydrogens is 278 g/mol. The minimum absolute atomic E-state index is 0.234. The van der Waals surface area contributed by atoms with Crippen molar-refractivity contribution in [1.82, 2.24) is 5.32 Å². The van der Waals surface area contributed by atoms with Crippen LogP contribution in [0.2, 0.25) is 5.02 Å². The number of aliphatic hydroxyl groups excluding tert-OH is 1. The molecule has 1 unspecified atom stereocenters. The van der Waals surface area contributed by atoms with Gasteiger partial charge < -0.3 is 10.4 Å². The zero-order valence-corrected chi connectivity index (χ0v) is 13.5. The summed E-state index contributed by atoms with van der Waals surface area (Å²) in [5.74, 6) is 1.88. The molecule has 0 aromatic heterocycles. The van der Waals surface area contributed by atoms with Gasteiger partial charge in [-0.3, -0.25) is 0 Å². The smallest absolute Gasteiger partial charge is 0.0464 e. The number of benzene rings is 1. The average molecular weight is 302 g/mol. The number of aliphatic hydroxyl groups is 1. The molecule has 0 fully saturated rings. The molecule has 0 amide bonds. The summed E-state index contributed by atoms with van der Waals surface area (Å²) in [6.45, 7) is 8.47. The molecule has 0 heterocycles. The van der Waals surface area contributed by atoms with Crippen molar-refractivity contribution < 1.29 is 5.11 Å². The molecular formula is C15H24ClNOS. The topological polar surface area (TPSA) is 32.3 Å². The van der Waals surface area contributed by atoms with Gasteiger partial charge in [0.2, 0.25) is 0 Å². The lowest BCUT2D eigenvalue weighted by Gasteiger charge is -2.11. The van der Waals surface area contributed by atoms with Crippen molar-refractivity contribution in [2.45, 2.75) is 32.2 Å². The van der Waals surface area contributed by atoms with Crippen LogP contribution < -0.4 is 5.32 Å². The van der Waals surface area contributed by atoms with Crippen molar-refractivity contribution in [3.63, 3.8) is 0 Å². The molecule has 0 aliphatic heterocycles. The van der Waals surface area contributed by atoms with E-state index in [1.54, 1.807) is 11.8 Å². The predicted molar refractivity (Wildman–Crippen MR) is 85.0 cm³/mol. The fourth-order valence-electron chi connectivity index (χ4n) is 1.55. The fraction of sp³-hybridized carbons (Fsp3) is 0.600. The summed E-state index contributed by atoms with van der Waals surface area (Å²) in [5, 5.41) is 13.2. The molecule has 0 bridgehead atoms. The molecule has 0 aliphatic rings. The lowest BCUT2D eigenvalue weighted by molar-refractivity contribution is 0.250. The molecule has 19 heavy (non-hydrogen) atoms. The number of rotatable bonds is 8. The van der Waals surface area contributed by atoms with Crippen LogP contribution in [0.15, 0.2) is 23.1 Å². The van der Waals surface area contributed by atoms with Crippen molar-refractivity contribution >= 4 is 23.4 Å². The number of nitrogens with one attached hydrogen (secondary N) is 1. The number of hydrogen-bond donors (Lipinski definition) is 2. The second kappa shape index (κ2) is 8.85. The molecule has 4 heteroatoms. The van der Waals surface area contributed by atoms with Crippen LogP contribution in [0.1, 0.15) is 26.3 Å². The zero-order valence-electron chi connectivity index (χ0n) is 11.9. The van der Waals surface area contributed by atoms with E-state index in [4.69, 9.17) is 16.7 Å². The molecule has 2 nitrogen and oxygen atoms in total. The van der Waals surface area contributed by atoms with E-state index in [2.05, 4.69) is 31.3 Å². The first-order valence-corrected chi connectivity index (χ1v) is 8.12. The Balaban J connectivity index is 2.49. The lowest BCUT2D eigenvalue weighted by atomic mass is 10.2. The Morgan fingerprint density at radius 3 is 2.63 bits per heavy atom. The summed E-state index contributed by atoms with van der Waals surface area (Å²) in [6.07, 6.45) is 0. The largest absolute Gasteiger partial charge is 0.396 e. The van der Waals surface area contributed by atoms with Crippen molar-refractivity contribution in [3.8, 4) is 0 Å². The van der Waals surface area contributed by atoms with E-state index in [-0.39, 0.29) is 6.61 Å². The van der Waals surface area contributed by atoms with Gasteiger partial charge in [-0.1, -0.05) is 38.4 Å². The van der Waals surface area contributed by atoms with Gasteiger partial charge in [0.05, 0.1) is 0 Å². The third-order valence-corrected chi connectivity index (χ3v) is 4.41. The van der Waals surface area contributed by atoms with E-state index >= 15 is 0 Å². The Morgan fingerprint density at radius 1 is 1.32 bits per heavy atom. The number of hydrogen-bond acceptors (Lipinski definition) is 3. The fourth-order valence-corrected chi connectivity index (χ4v) is 2.81. The van der Waals surface area contributed by atoms with Gasteiger partial charge >= 0.3 is 0 Å². The molecule has 1 aromatic carbocycles. The standard InChI is InChI=1S/C15H24ClNOS/c1-11(2)7-17-8-13-4-5-14(6-15(13)16)19-10-12(3)9-18/h4-6,11-12,17-18H,7-10H2,1-3H3. The van der Waals surface area contributed by atoms with Crippen LogP contribution in [-0.4, -0.2) is 24.0 Å². The van der Waals surface area contributed by atoms with Gasteiger partial charge in [0, 0.05) is 28.8 Å². The van der Waals surface area contributed by atoms with Gasteiger partial charge in [-0.2, -0.15) is 0 Å². The van der Waals surface area contributed by atoms with Gasteiger partial charge in [-0.15, -0.1) is 11.8 Å². The van der Waals surface area contributed by atoms with Crippen molar-refractivity contribution in [3.05, 3.63) is 28.8 Å².